The highest BCUT2D eigenvalue weighted by atomic mass is 35.5. The molecule has 0 atom stereocenters. The molecule has 19 heavy (non-hydrogen) atoms. The zero-order valence-corrected chi connectivity index (χ0v) is 11.1. The summed E-state index contributed by atoms with van der Waals surface area (Å²) in [5, 5.41) is 4.12. The van der Waals surface area contributed by atoms with E-state index in [1.54, 1.807) is 16.7 Å². The van der Waals surface area contributed by atoms with Gasteiger partial charge in [-0.05, 0) is 36.5 Å². The maximum absolute atomic E-state index is 12.9. The minimum absolute atomic E-state index is 0.0419. The predicted molar refractivity (Wildman–Crippen MR) is 76.0 cm³/mol. The summed E-state index contributed by atoms with van der Waals surface area (Å²) in [6.07, 6.45) is 2.94. The number of imidazole rings is 1. The average molecular weight is 298 g/mol. The second kappa shape index (κ2) is 5.77. The Labute approximate surface area is 118 Å². The van der Waals surface area contributed by atoms with Gasteiger partial charge in [-0.3, -0.25) is 9.99 Å². The summed E-state index contributed by atoms with van der Waals surface area (Å²) < 4.78 is 14.5. The fraction of sp³-hybridized carbons (Fsp3) is 0. The topological polar surface area (TPSA) is 68.2 Å². The number of nitrogens with one attached hydrogen (secondary N) is 1. The molecule has 0 aliphatic carbocycles. The van der Waals surface area contributed by atoms with Gasteiger partial charge in [-0.15, -0.1) is 0 Å². The number of hydrogen-bond acceptors (Lipinski definition) is 3. The number of halogens is 2. The first kappa shape index (κ1) is 13.4. The summed E-state index contributed by atoms with van der Waals surface area (Å²) in [6.45, 7) is 0. The molecule has 0 saturated heterocycles. The lowest BCUT2D eigenvalue weighted by molar-refractivity contribution is 0.627. The highest BCUT2D eigenvalue weighted by molar-refractivity contribution is 7.80. The van der Waals surface area contributed by atoms with E-state index >= 15 is 0 Å². The van der Waals surface area contributed by atoms with Gasteiger partial charge in [0.05, 0.1) is 6.21 Å². The van der Waals surface area contributed by atoms with Gasteiger partial charge >= 0.3 is 0 Å². The molecule has 1 heterocycles. The molecule has 98 valence electrons. The van der Waals surface area contributed by atoms with Gasteiger partial charge < -0.3 is 5.73 Å². The van der Waals surface area contributed by atoms with Crippen molar-refractivity contribution in [1.82, 2.24) is 15.0 Å². The van der Waals surface area contributed by atoms with Crippen molar-refractivity contribution < 1.29 is 4.39 Å². The first-order chi connectivity index (χ1) is 9.08. The van der Waals surface area contributed by atoms with Crippen LogP contribution in [0.1, 0.15) is 5.69 Å². The van der Waals surface area contributed by atoms with Gasteiger partial charge in [0.15, 0.2) is 10.3 Å². The Kier molecular flexibility index (Phi) is 4.08. The lowest BCUT2D eigenvalue weighted by atomic mass is 10.3. The first-order valence-corrected chi connectivity index (χ1v) is 5.94. The van der Waals surface area contributed by atoms with Crippen LogP contribution in [-0.4, -0.2) is 20.9 Å². The number of hydrogen-bond donors (Lipinski definition) is 2. The van der Waals surface area contributed by atoms with Gasteiger partial charge in [-0.25, -0.2) is 9.37 Å². The van der Waals surface area contributed by atoms with Crippen LogP contribution in [0, 0.1) is 5.82 Å². The van der Waals surface area contributed by atoms with Crippen molar-refractivity contribution in [2.45, 2.75) is 0 Å². The largest absolute Gasteiger partial charge is 0.375 e. The number of nitrogens with two attached hydrogens (primary N) is 1. The SMILES string of the molecule is NC(=S)N/N=C/c1c(Cl)ncn1-c1ccc(F)cc1. The molecule has 8 heteroatoms. The molecule has 0 aliphatic heterocycles. The van der Waals surface area contributed by atoms with Gasteiger partial charge in [0.1, 0.15) is 17.8 Å². The molecule has 0 saturated carbocycles. The van der Waals surface area contributed by atoms with Crippen LogP contribution in [0.2, 0.25) is 5.15 Å². The minimum Gasteiger partial charge on any atom is -0.375 e. The number of thiocarbonyl (C=S) groups is 1. The third kappa shape index (κ3) is 3.27. The second-order valence-corrected chi connectivity index (χ2v) is 4.30. The van der Waals surface area contributed by atoms with E-state index in [9.17, 15) is 4.39 Å². The molecule has 1 aromatic carbocycles. The zero-order valence-electron chi connectivity index (χ0n) is 9.55. The molecule has 0 aliphatic rings. The van der Waals surface area contributed by atoms with Gasteiger partial charge in [0.25, 0.3) is 0 Å². The van der Waals surface area contributed by atoms with Crippen LogP contribution in [-0.2, 0) is 0 Å². The summed E-state index contributed by atoms with van der Waals surface area (Å²) >= 11 is 10.6. The molecule has 0 amide bonds. The van der Waals surface area contributed by atoms with Gasteiger partial charge in [-0.2, -0.15) is 5.10 Å². The van der Waals surface area contributed by atoms with Gasteiger partial charge in [0.2, 0.25) is 0 Å². The first-order valence-electron chi connectivity index (χ1n) is 5.15. The lowest BCUT2D eigenvalue weighted by Crippen LogP contribution is -2.24. The molecule has 3 N–H and O–H groups in total. The van der Waals surface area contributed by atoms with E-state index in [1.165, 1.54) is 24.7 Å². The summed E-state index contributed by atoms with van der Waals surface area (Å²) in [7, 11) is 0. The van der Waals surface area contributed by atoms with Crippen molar-refractivity contribution in [3.05, 3.63) is 47.3 Å². The summed E-state index contributed by atoms with van der Waals surface area (Å²) in [6, 6.07) is 5.90. The van der Waals surface area contributed by atoms with E-state index in [0.717, 1.165) is 0 Å². The number of rotatable bonds is 3. The highest BCUT2D eigenvalue weighted by Gasteiger charge is 2.08. The molecular weight excluding hydrogens is 289 g/mol. The Hall–Kier alpha value is -1.99. The van der Waals surface area contributed by atoms with Crippen LogP contribution in [0.15, 0.2) is 35.7 Å². The van der Waals surface area contributed by atoms with E-state index < -0.39 is 0 Å². The van der Waals surface area contributed by atoms with Crippen molar-refractivity contribution in [1.29, 1.82) is 0 Å². The smallest absolute Gasteiger partial charge is 0.184 e. The molecule has 1 aromatic heterocycles. The fourth-order valence-corrected chi connectivity index (χ4v) is 1.65. The maximum Gasteiger partial charge on any atom is 0.184 e. The van der Waals surface area contributed by atoms with Gasteiger partial charge in [-0.1, -0.05) is 11.6 Å². The Morgan fingerprint density at radius 2 is 2.16 bits per heavy atom. The second-order valence-electron chi connectivity index (χ2n) is 3.50. The van der Waals surface area contributed by atoms with Crippen LogP contribution in [0.3, 0.4) is 0 Å². The van der Waals surface area contributed by atoms with Crippen LogP contribution in [0.4, 0.5) is 4.39 Å². The predicted octanol–water partition coefficient (Wildman–Crippen LogP) is 1.83. The summed E-state index contributed by atoms with van der Waals surface area (Å²) in [5.41, 5.74) is 8.89. The summed E-state index contributed by atoms with van der Waals surface area (Å²) in [4.78, 5) is 3.96. The van der Waals surface area contributed by atoms with Crippen molar-refractivity contribution >= 4 is 35.1 Å². The monoisotopic (exact) mass is 297 g/mol. The Bertz CT molecular complexity index is 623. The summed E-state index contributed by atoms with van der Waals surface area (Å²) in [5.74, 6) is -0.319. The minimum atomic E-state index is -0.319. The number of hydrazone groups is 1. The molecule has 0 radical (unpaired) electrons. The normalized spacial score (nSPS) is 10.8. The van der Waals surface area contributed by atoms with Gasteiger partial charge in [0, 0.05) is 5.69 Å². The van der Waals surface area contributed by atoms with Crippen LogP contribution < -0.4 is 11.2 Å². The van der Waals surface area contributed by atoms with Crippen LogP contribution in [0.5, 0.6) is 0 Å². The van der Waals surface area contributed by atoms with E-state index in [1.807, 2.05) is 0 Å². The van der Waals surface area contributed by atoms with Crippen molar-refractivity contribution in [2.24, 2.45) is 10.8 Å². The van der Waals surface area contributed by atoms with E-state index in [-0.39, 0.29) is 16.1 Å². The Balaban J connectivity index is 2.34. The quantitative estimate of drug-likeness (QED) is 0.515. The third-order valence-corrected chi connectivity index (χ3v) is 2.61. The number of benzene rings is 1. The molecule has 2 aromatic rings. The average Bonchev–Trinajstić information content (AvgIpc) is 2.72. The maximum atomic E-state index is 12.9. The molecule has 0 fully saturated rings. The number of nitrogens with zero attached hydrogens (tertiary/aromatic N) is 3. The zero-order chi connectivity index (χ0) is 13.8. The highest BCUT2D eigenvalue weighted by Crippen LogP contribution is 2.17. The van der Waals surface area contributed by atoms with E-state index in [2.05, 4.69) is 27.7 Å². The molecular formula is C11H9ClFN5S. The van der Waals surface area contributed by atoms with Crippen molar-refractivity contribution in [2.75, 3.05) is 0 Å². The van der Waals surface area contributed by atoms with Crippen LogP contribution >= 0.6 is 23.8 Å². The third-order valence-electron chi connectivity index (χ3n) is 2.22. The molecule has 5 nitrogen and oxygen atoms in total. The van der Waals surface area contributed by atoms with E-state index in [0.29, 0.717) is 11.4 Å². The number of aromatic nitrogens is 2. The van der Waals surface area contributed by atoms with Crippen molar-refractivity contribution in [3.63, 3.8) is 0 Å². The Morgan fingerprint density at radius 3 is 2.79 bits per heavy atom. The molecule has 0 bridgehead atoms. The molecule has 0 spiro atoms. The standard InChI is InChI=1S/C11H9ClFN5S/c12-10-9(5-16-17-11(14)19)18(6-15-10)8-3-1-7(13)2-4-8/h1-6H,(H3,14,17,19)/b16-5+. The molecule has 0 unspecified atom stereocenters. The fourth-order valence-electron chi connectivity index (χ4n) is 1.42. The van der Waals surface area contributed by atoms with Crippen molar-refractivity contribution in [3.8, 4) is 5.69 Å². The Morgan fingerprint density at radius 1 is 1.47 bits per heavy atom. The lowest BCUT2D eigenvalue weighted by Gasteiger charge is -2.05. The molecule has 2 rings (SSSR count). The van der Waals surface area contributed by atoms with E-state index in [4.69, 9.17) is 17.3 Å². The van der Waals surface area contributed by atoms with Crippen LogP contribution in [0.25, 0.3) is 5.69 Å².